The van der Waals surface area contributed by atoms with Crippen LogP contribution < -0.4 is 4.90 Å². The van der Waals surface area contributed by atoms with Crippen LogP contribution >= 0.6 is 0 Å². The second kappa shape index (κ2) is 8.33. The molecule has 0 spiro atoms. The van der Waals surface area contributed by atoms with E-state index in [1.807, 2.05) is 38.1 Å². The summed E-state index contributed by atoms with van der Waals surface area (Å²) in [5, 5.41) is 0. The maximum atomic E-state index is 13.2. The Hall–Kier alpha value is -3.02. The van der Waals surface area contributed by atoms with Gasteiger partial charge in [-0.2, -0.15) is 0 Å². The smallest absolute Gasteiger partial charge is 0.257 e. The van der Waals surface area contributed by atoms with Gasteiger partial charge in [0, 0.05) is 13.0 Å². The molecule has 0 aliphatic carbocycles. The molecule has 28 heavy (non-hydrogen) atoms. The third kappa shape index (κ3) is 4.11. The number of hydrogen-bond acceptors (Lipinski definition) is 3. The van der Waals surface area contributed by atoms with E-state index in [9.17, 15) is 18.8 Å². The molecule has 1 saturated heterocycles. The van der Waals surface area contributed by atoms with Crippen LogP contribution in [0, 0.1) is 12.7 Å². The van der Waals surface area contributed by atoms with Crippen molar-refractivity contribution in [2.24, 2.45) is 0 Å². The van der Waals surface area contributed by atoms with Gasteiger partial charge in [-0.25, -0.2) is 9.29 Å². The first kappa shape index (κ1) is 19.7. The van der Waals surface area contributed by atoms with E-state index in [0.717, 1.165) is 16.0 Å². The van der Waals surface area contributed by atoms with E-state index < -0.39 is 17.8 Å². The lowest BCUT2D eigenvalue weighted by Crippen LogP contribution is -2.45. The number of imide groups is 1. The monoisotopic (exact) mass is 382 g/mol. The summed E-state index contributed by atoms with van der Waals surface area (Å²) in [6.45, 7) is 4.14. The van der Waals surface area contributed by atoms with Gasteiger partial charge >= 0.3 is 0 Å². The zero-order valence-electron chi connectivity index (χ0n) is 16.0. The minimum absolute atomic E-state index is 0.0719. The molecule has 6 heteroatoms. The number of halogens is 1. The Morgan fingerprint density at radius 2 is 1.75 bits per heavy atom. The molecule has 3 amide bonds. The van der Waals surface area contributed by atoms with Crippen LogP contribution in [0.5, 0.6) is 0 Å². The van der Waals surface area contributed by atoms with Crippen molar-refractivity contribution in [1.29, 1.82) is 0 Å². The van der Waals surface area contributed by atoms with Crippen LogP contribution in [0.15, 0.2) is 48.5 Å². The lowest BCUT2D eigenvalue weighted by molar-refractivity contribution is -0.139. The molecule has 0 aromatic heterocycles. The van der Waals surface area contributed by atoms with Gasteiger partial charge in [-0.1, -0.05) is 36.8 Å². The molecule has 3 rings (SSSR count). The van der Waals surface area contributed by atoms with Crippen LogP contribution in [0.2, 0.25) is 0 Å². The van der Waals surface area contributed by atoms with Crippen LogP contribution in [-0.4, -0.2) is 28.7 Å². The Morgan fingerprint density at radius 3 is 2.36 bits per heavy atom. The molecular formula is C22H23FN2O3. The third-order valence-corrected chi connectivity index (χ3v) is 4.84. The van der Waals surface area contributed by atoms with Gasteiger partial charge in [-0.05, 0) is 43.2 Å². The number of rotatable bonds is 6. The number of aryl methyl sites for hydroxylation is 1. The predicted molar refractivity (Wildman–Crippen MR) is 104 cm³/mol. The fourth-order valence-corrected chi connectivity index (χ4v) is 3.34. The summed E-state index contributed by atoms with van der Waals surface area (Å²) in [5.41, 5.74) is 2.32. The fourth-order valence-electron chi connectivity index (χ4n) is 3.34. The second-order valence-corrected chi connectivity index (χ2v) is 7.02. The van der Waals surface area contributed by atoms with Crippen molar-refractivity contribution in [2.75, 3.05) is 4.90 Å². The first-order valence-electron chi connectivity index (χ1n) is 9.38. The van der Waals surface area contributed by atoms with Gasteiger partial charge in [-0.15, -0.1) is 0 Å². The SMILES string of the molecule is CCCC(=O)N(Cc1ccc(C)cc1)C1CC(=O)N(c2ccc(F)cc2)C1=O. The minimum Gasteiger partial charge on any atom is -0.326 e. The average molecular weight is 382 g/mol. The highest BCUT2D eigenvalue weighted by Crippen LogP contribution is 2.27. The zero-order chi connectivity index (χ0) is 20.3. The standard InChI is InChI=1S/C22H23FN2O3/c1-3-4-20(26)24(14-16-7-5-15(2)6-8-16)19-13-21(27)25(22(19)28)18-11-9-17(23)10-12-18/h5-12,19H,3-4,13-14H2,1-2H3. The Morgan fingerprint density at radius 1 is 1.11 bits per heavy atom. The van der Waals surface area contributed by atoms with E-state index >= 15 is 0 Å². The summed E-state index contributed by atoms with van der Waals surface area (Å²) in [4.78, 5) is 40.8. The van der Waals surface area contributed by atoms with E-state index in [0.29, 0.717) is 18.5 Å². The summed E-state index contributed by atoms with van der Waals surface area (Å²) in [5.74, 6) is -1.44. The molecule has 2 aromatic rings. The molecule has 0 radical (unpaired) electrons. The van der Waals surface area contributed by atoms with Crippen molar-refractivity contribution >= 4 is 23.4 Å². The topological polar surface area (TPSA) is 57.7 Å². The molecule has 1 atom stereocenters. The molecule has 146 valence electrons. The average Bonchev–Trinajstić information content (AvgIpc) is 2.96. The van der Waals surface area contributed by atoms with Gasteiger partial charge in [0.1, 0.15) is 11.9 Å². The third-order valence-electron chi connectivity index (χ3n) is 4.84. The lowest BCUT2D eigenvalue weighted by atomic mass is 10.1. The van der Waals surface area contributed by atoms with E-state index in [1.54, 1.807) is 0 Å². The molecule has 0 N–H and O–H groups in total. The quantitative estimate of drug-likeness (QED) is 0.718. The van der Waals surface area contributed by atoms with Crippen molar-refractivity contribution in [3.63, 3.8) is 0 Å². The summed E-state index contributed by atoms with van der Waals surface area (Å²) >= 11 is 0. The molecule has 1 fully saturated rings. The van der Waals surface area contributed by atoms with Crippen LogP contribution in [0.25, 0.3) is 0 Å². The summed E-state index contributed by atoms with van der Waals surface area (Å²) in [7, 11) is 0. The fraction of sp³-hybridized carbons (Fsp3) is 0.318. The Bertz CT molecular complexity index is 878. The van der Waals surface area contributed by atoms with E-state index in [4.69, 9.17) is 0 Å². The van der Waals surface area contributed by atoms with Gasteiger partial charge in [0.05, 0.1) is 12.1 Å². The number of hydrogen-bond donors (Lipinski definition) is 0. The zero-order valence-corrected chi connectivity index (χ0v) is 16.0. The second-order valence-electron chi connectivity index (χ2n) is 7.02. The van der Waals surface area contributed by atoms with E-state index in [1.165, 1.54) is 29.2 Å². The van der Waals surface area contributed by atoms with Crippen molar-refractivity contribution in [3.8, 4) is 0 Å². The van der Waals surface area contributed by atoms with Crippen LogP contribution in [0.1, 0.15) is 37.3 Å². The number of anilines is 1. The lowest BCUT2D eigenvalue weighted by Gasteiger charge is -2.28. The maximum Gasteiger partial charge on any atom is 0.257 e. The maximum absolute atomic E-state index is 13.2. The largest absolute Gasteiger partial charge is 0.326 e. The first-order chi connectivity index (χ1) is 13.4. The van der Waals surface area contributed by atoms with Crippen molar-refractivity contribution < 1.29 is 18.8 Å². The highest BCUT2D eigenvalue weighted by molar-refractivity contribution is 6.23. The van der Waals surface area contributed by atoms with Gasteiger partial charge in [0.15, 0.2) is 0 Å². The number of carbonyl (C=O) groups is 3. The molecule has 1 aliphatic heterocycles. The molecule has 5 nitrogen and oxygen atoms in total. The number of carbonyl (C=O) groups excluding carboxylic acids is 3. The van der Waals surface area contributed by atoms with Crippen molar-refractivity contribution in [3.05, 3.63) is 65.5 Å². The minimum atomic E-state index is -0.849. The molecule has 0 bridgehead atoms. The molecule has 0 saturated carbocycles. The molecule has 2 aromatic carbocycles. The highest BCUT2D eigenvalue weighted by Gasteiger charge is 2.44. The first-order valence-corrected chi connectivity index (χ1v) is 9.38. The number of amides is 3. The van der Waals surface area contributed by atoms with Crippen molar-refractivity contribution in [2.45, 2.75) is 45.7 Å². The van der Waals surface area contributed by atoms with E-state index in [2.05, 4.69) is 0 Å². The summed E-state index contributed by atoms with van der Waals surface area (Å²) in [6.07, 6.45) is 0.887. The van der Waals surface area contributed by atoms with Crippen LogP contribution in [0.4, 0.5) is 10.1 Å². The Labute approximate surface area is 163 Å². The molecule has 1 aliphatic rings. The van der Waals surface area contributed by atoms with Gasteiger partial charge in [0.2, 0.25) is 11.8 Å². The van der Waals surface area contributed by atoms with Crippen molar-refractivity contribution in [1.82, 2.24) is 4.90 Å². The van der Waals surface area contributed by atoms with E-state index in [-0.39, 0.29) is 24.8 Å². The Balaban J connectivity index is 1.88. The van der Waals surface area contributed by atoms with Gasteiger partial charge in [0.25, 0.3) is 5.91 Å². The number of nitrogens with zero attached hydrogens (tertiary/aromatic N) is 2. The number of benzene rings is 2. The normalized spacial score (nSPS) is 16.5. The van der Waals surface area contributed by atoms with Crippen LogP contribution in [0.3, 0.4) is 0 Å². The van der Waals surface area contributed by atoms with Crippen LogP contribution in [-0.2, 0) is 20.9 Å². The van der Waals surface area contributed by atoms with Gasteiger partial charge < -0.3 is 4.90 Å². The summed E-state index contributed by atoms with van der Waals surface area (Å²) in [6, 6.07) is 12.1. The predicted octanol–water partition coefficient (Wildman–Crippen LogP) is 3.59. The molecule has 1 unspecified atom stereocenters. The summed E-state index contributed by atoms with van der Waals surface area (Å²) < 4.78 is 13.2. The Kier molecular flexibility index (Phi) is 5.87. The van der Waals surface area contributed by atoms with Gasteiger partial charge in [-0.3, -0.25) is 14.4 Å². The molecule has 1 heterocycles. The molecular weight excluding hydrogens is 359 g/mol. The highest BCUT2D eigenvalue weighted by atomic mass is 19.1.